The molecule has 28 heavy (non-hydrogen) atoms. The van der Waals surface area contributed by atoms with E-state index in [1.165, 1.54) is 4.31 Å². The zero-order valence-electron chi connectivity index (χ0n) is 15.6. The third kappa shape index (κ3) is 3.57. The second-order valence-corrected chi connectivity index (χ2v) is 8.83. The van der Waals surface area contributed by atoms with E-state index < -0.39 is 16.1 Å². The van der Waals surface area contributed by atoms with Crippen molar-refractivity contribution in [2.75, 3.05) is 25.1 Å². The quantitative estimate of drug-likeness (QED) is 0.850. The highest BCUT2D eigenvalue weighted by Gasteiger charge is 2.39. The lowest BCUT2D eigenvalue weighted by molar-refractivity contribution is -0.119. The normalized spacial score (nSPS) is 19.4. The summed E-state index contributed by atoms with van der Waals surface area (Å²) in [5.41, 5.74) is 1.53. The molecule has 2 aliphatic heterocycles. The number of rotatable bonds is 4. The Labute approximate surface area is 164 Å². The van der Waals surface area contributed by atoms with Crippen LogP contribution in [0.5, 0.6) is 11.5 Å². The van der Waals surface area contributed by atoms with Crippen LogP contribution in [0, 0.1) is 6.92 Å². The molecule has 4 rings (SSSR count). The van der Waals surface area contributed by atoms with E-state index in [2.05, 4.69) is 5.32 Å². The summed E-state index contributed by atoms with van der Waals surface area (Å²) in [5.74, 6) is 0.859. The Morgan fingerprint density at radius 2 is 1.79 bits per heavy atom. The molecule has 2 aliphatic rings. The van der Waals surface area contributed by atoms with E-state index in [0.29, 0.717) is 49.8 Å². The number of hydrogen-bond acceptors (Lipinski definition) is 5. The number of nitrogens with zero attached hydrogens (tertiary/aromatic N) is 1. The summed E-state index contributed by atoms with van der Waals surface area (Å²) in [6, 6.07) is 11.1. The number of hydrogen-bond donors (Lipinski definition) is 1. The molecular formula is C20H22N2O5S. The van der Waals surface area contributed by atoms with Crippen molar-refractivity contribution >= 4 is 21.6 Å². The molecule has 2 aromatic carbocycles. The Kier molecular flexibility index (Phi) is 4.99. The highest BCUT2D eigenvalue weighted by Crippen LogP contribution is 2.33. The molecule has 8 heteroatoms. The highest BCUT2D eigenvalue weighted by atomic mass is 32.2. The number of benzene rings is 2. The van der Waals surface area contributed by atoms with Crippen LogP contribution in [0.1, 0.15) is 18.4 Å². The van der Waals surface area contributed by atoms with Gasteiger partial charge in [0.1, 0.15) is 19.3 Å². The van der Waals surface area contributed by atoms with Gasteiger partial charge in [-0.15, -0.1) is 0 Å². The van der Waals surface area contributed by atoms with E-state index in [1.807, 2.05) is 6.92 Å². The molecule has 0 radical (unpaired) electrons. The second-order valence-electron chi connectivity index (χ2n) is 6.93. The van der Waals surface area contributed by atoms with Crippen molar-refractivity contribution in [3.63, 3.8) is 0 Å². The largest absolute Gasteiger partial charge is 0.486 e. The Morgan fingerprint density at radius 3 is 2.54 bits per heavy atom. The van der Waals surface area contributed by atoms with Crippen LogP contribution in [0.2, 0.25) is 0 Å². The fourth-order valence-electron chi connectivity index (χ4n) is 3.48. The molecule has 0 aromatic heterocycles. The Morgan fingerprint density at radius 1 is 1.07 bits per heavy atom. The number of amides is 1. The summed E-state index contributed by atoms with van der Waals surface area (Å²) in [6.45, 7) is 3.17. The lowest BCUT2D eigenvalue weighted by atomic mass is 10.2. The fourth-order valence-corrected chi connectivity index (χ4v) is 5.14. The van der Waals surface area contributed by atoms with Gasteiger partial charge in [-0.2, -0.15) is 4.31 Å². The zero-order valence-corrected chi connectivity index (χ0v) is 16.4. The first-order valence-corrected chi connectivity index (χ1v) is 10.7. The van der Waals surface area contributed by atoms with Crippen molar-refractivity contribution in [1.29, 1.82) is 0 Å². The number of nitrogens with one attached hydrogen (secondary N) is 1. The van der Waals surface area contributed by atoms with E-state index in [0.717, 1.165) is 5.56 Å². The molecular weight excluding hydrogens is 380 g/mol. The predicted octanol–water partition coefficient (Wildman–Crippen LogP) is 2.56. The average molecular weight is 402 g/mol. The van der Waals surface area contributed by atoms with Gasteiger partial charge in [0.2, 0.25) is 15.9 Å². The minimum atomic E-state index is -3.73. The van der Waals surface area contributed by atoms with Gasteiger partial charge in [-0.05, 0) is 44.0 Å². The summed E-state index contributed by atoms with van der Waals surface area (Å²) in [7, 11) is -3.73. The Hall–Kier alpha value is -2.58. The summed E-state index contributed by atoms with van der Waals surface area (Å²) >= 11 is 0. The van der Waals surface area contributed by atoms with Gasteiger partial charge in [0.25, 0.3) is 0 Å². The minimum absolute atomic E-state index is 0.206. The molecule has 7 nitrogen and oxygen atoms in total. The van der Waals surface area contributed by atoms with Crippen LogP contribution in [0.3, 0.4) is 0 Å². The van der Waals surface area contributed by atoms with Crippen LogP contribution in [-0.2, 0) is 14.8 Å². The van der Waals surface area contributed by atoms with Gasteiger partial charge >= 0.3 is 0 Å². The monoisotopic (exact) mass is 402 g/mol. The molecule has 0 saturated carbocycles. The van der Waals surface area contributed by atoms with Crippen LogP contribution in [0.4, 0.5) is 5.69 Å². The summed E-state index contributed by atoms with van der Waals surface area (Å²) in [6.07, 6.45) is 1.13. The van der Waals surface area contributed by atoms with Crippen molar-refractivity contribution < 1.29 is 22.7 Å². The van der Waals surface area contributed by atoms with E-state index in [9.17, 15) is 13.2 Å². The lowest BCUT2D eigenvalue weighted by Gasteiger charge is -2.24. The number of carbonyl (C=O) groups excluding carboxylic acids is 1. The van der Waals surface area contributed by atoms with Crippen molar-refractivity contribution in [3.05, 3.63) is 48.0 Å². The predicted molar refractivity (Wildman–Crippen MR) is 104 cm³/mol. The minimum Gasteiger partial charge on any atom is -0.486 e. The lowest BCUT2D eigenvalue weighted by Crippen LogP contribution is -2.43. The van der Waals surface area contributed by atoms with Gasteiger partial charge in [0.15, 0.2) is 11.5 Å². The third-order valence-corrected chi connectivity index (χ3v) is 6.87. The SMILES string of the molecule is Cc1ccc(S(=O)(=O)N2CCC[C@@H]2C(=O)Nc2ccc3c(c2)OCCO3)cc1. The Bertz CT molecular complexity index is 988. The molecule has 1 saturated heterocycles. The second kappa shape index (κ2) is 7.44. The van der Waals surface area contributed by atoms with E-state index in [-0.39, 0.29) is 10.8 Å². The molecule has 2 heterocycles. The zero-order chi connectivity index (χ0) is 19.7. The molecule has 2 aromatic rings. The number of anilines is 1. The van der Waals surface area contributed by atoms with Crippen LogP contribution in [0.25, 0.3) is 0 Å². The number of ether oxygens (including phenoxy) is 2. The van der Waals surface area contributed by atoms with Gasteiger partial charge in [0, 0.05) is 18.3 Å². The number of fused-ring (bicyclic) bond motifs is 1. The molecule has 148 valence electrons. The van der Waals surface area contributed by atoms with Crippen molar-refractivity contribution in [2.45, 2.75) is 30.7 Å². The van der Waals surface area contributed by atoms with Crippen molar-refractivity contribution in [2.24, 2.45) is 0 Å². The first-order chi connectivity index (χ1) is 13.4. The number of aryl methyl sites for hydroxylation is 1. The van der Waals surface area contributed by atoms with E-state index in [4.69, 9.17) is 9.47 Å². The van der Waals surface area contributed by atoms with Crippen molar-refractivity contribution in [3.8, 4) is 11.5 Å². The van der Waals surface area contributed by atoms with Gasteiger partial charge in [0.05, 0.1) is 4.90 Å². The molecule has 0 bridgehead atoms. The molecule has 0 spiro atoms. The first-order valence-electron chi connectivity index (χ1n) is 9.24. The maximum absolute atomic E-state index is 13.0. The maximum Gasteiger partial charge on any atom is 0.243 e. The molecule has 1 N–H and O–H groups in total. The first kappa shape index (κ1) is 18.8. The van der Waals surface area contributed by atoms with E-state index in [1.54, 1.807) is 42.5 Å². The fraction of sp³-hybridized carbons (Fsp3) is 0.350. The Balaban J connectivity index is 1.53. The van der Waals surface area contributed by atoms with E-state index >= 15 is 0 Å². The topological polar surface area (TPSA) is 84.9 Å². The van der Waals surface area contributed by atoms with Crippen molar-refractivity contribution in [1.82, 2.24) is 4.31 Å². The van der Waals surface area contributed by atoms with Gasteiger partial charge in [-0.25, -0.2) is 8.42 Å². The standard InChI is InChI=1S/C20H22N2O5S/c1-14-4-7-16(8-5-14)28(24,25)22-10-2-3-17(22)20(23)21-15-6-9-18-19(13-15)27-12-11-26-18/h4-9,13,17H,2-3,10-12H2,1H3,(H,21,23)/t17-/m1/s1. The molecule has 0 aliphatic carbocycles. The molecule has 1 atom stereocenters. The molecule has 1 fully saturated rings. The number of carbonyl (C=O) groups is 1. The molecule has 1 amide bonds. The molecule has 0 unspecified atom stereocenters. The van der Waals surface area contributed by atoms with Gasteiger partial charge < -0.3 is 14.8 Å². The van der Waals surface area contributed by atoms with Crippen LogP contribution in [-0.4, -0.2) is 44.4 Å². The average Bonchev–Trinajstić information content (AvgIpc) is 3.19. The maximum atomic E-state index is 13.0. The van der Waals surface area contributed by atoms with Gasteiger partial charge in [-0.3, -0.25) is 4.79 Å². The summed E-state index contributed by atoms with van der Waals surface area (Å²) in [5, 5.41) is 2.82. The van der Waals surface area contributed by atoms with Gasteiger partial charge in [-0.1, -0.05) is 17.7 Å². The van der Waals surface area contributed by atoms with Crippen LogP contribution < -0.4 is 14.8 Å². The van der Waals surface area contributed by atoms with Crippen LogP contribution >= 0.6 is 0 Å². The smallest absolute Gasteiger partial charge is 0.243 e. The number of sulfonamides is 1. The summed E-state index contributed by atoms with van der Waals surface area (Å²) in [4.78, 5) is 13.0. The highest BCUT2D eigenvalue weighted by molar-refractivity contribution is 7.89. The third-order valence-electron chi connectivity index (χ3n) is 4.94. The summed E-state index contributed by atoms with van der Waals surface area (Å²) < 4.78 is 38.3. The van der Waals surface area contributed by atoms with Crippen LogP contribution in [0.15, 0.2) is 47.4 Å².